The van der Waals surface area contributed by atoms with Gasteiger partial charge in [-0.2, -0.15) is 0 Å². The first-order valence-electron chi connectivity index (χ1n) is 11.8. The highest BCUT2D eigenvalue weighted by molar-refractivity contribution is 6.03. The zero-order valence-corrected chi connectivity index (χ0v) is 19.3. The van der Waals surface area contributed by atoms with Crippen LogP contribution in [0.1, 0.15) is 76.7 Å². The molecular weight excluding hydrogens is 406 g/mol. The minimum Gasteiger partial charge on any atom is -0.493 e. The summed E-state index contributed by atoms with van der Waals surface area (Å²) in [5.41, 5.74) is 3.73. The maximum atomic E-state index is 13.4. The summed E-state index contributed by atoms with van der Waals surface area (Å²) in [5, 5.41) is 3.35. The minimum absolute atomic E-state index is 0.0414. The molecule has 0 radical (unpaired) electrons. The van der Waals surface area contributed by atoms with Gasteiger partial charge in [-0.15, -0.1) is 0 Å². The normalized spacial score (nSPS) is 21.3. The van der Waals surface area contributed by atoms with Crippen molar-refractivity contribution in [3.8, 4) is 11.5 Å². The summed E-state index contributed by atoms with van der Waals surface area (Å²) in [5.74, 6) is 0.546. The van der Waals surface area contributed by atoms with Crippen LogP contribution in [0.2, 0.25) is 0 Å². The standard InChI is InChI=1S/C26H33NO5/c1-4-14-31-21-13-12-17(15-22(21)30-3)24-23(26(29)32-18-8-5-6-9-18)16(2)27-19-10-7-11-20(28)25(19)24/h12-13,15,18,24,27H,4-11,14H2,1-3H3/t24-/m0/s1. The Kier molecular flexibility index (Phi) is 6.87. The molecule has 1 aliphatic heterocycles. The van der Waals surface area contributed by atoms with Crippen LogP contribution in [0.15, 0.2) is 40.7 Å². The van der Waals surface area contributed by atoms with Gasteiger partial charge in [0.25, 0.3) is 0 Å². The van der Waals surface area contributed by atoms with Crippen LogP contribution < -0.4 is 14.8 Å². The number of allylic oxidation sites excluding steroid dienone is 3. The van der Waals surface area contributed by atoms with Crippen molar-refractivity contribution in [3.05, 3.63) is 46.3 Å². The molecule has 1 aromatic carbocycles. The summed E-state index contributed by atoms with van der Waals surface area (Å²) in [6, 6.07) is 5.70. The van der Waals surface area contributed by atoms with E-state index in [9.17, 15) is 9.59 Å². The van der Waals surface area contributed by atoms with Crippen LogP contribution in [-0.2, 0) is 14.3 Å². The molecule has 0 bridgehead atoms. The van der Waals surface area contributed by atoms with Crippen molar-refractivity contribution in [1.29, 1.82) is 0 Å². The predicted octanol–water partition coefficient (Wildman–Crippen LogP) is 4.94. The highest BCUT2D eigenvalue weighted by atomic mass is 16.5. The van der Waals surface area contributed by atoms with Crippen molar-refractivity contribution >= 4 is 11.8 Å². The Bertz CT molecular complexity index is 955. The zero-order chi connectivity index (χ0) is 22.7. The van der Waals surface area contributed by atoms with Gasteiger partial charge >= 0.3 is 5.97 Å². The lowest BCUT2D eigenvalue weighted by Crippen LogP contribution is -2.35. The van der Waals surface area contributed by atoms with E-state index in [0.29, 0.717) is 35.7 Å². The van der Waals surface area contributed by atoms with Gasteiger partial charge < -0.3 is 19.5 Å². The highest BCUT2D eigenvalue weighted by Crippen LogP contribution is 2.44. The Morgan fingerprint density at radius 2 is 1.91 bits per heavy atom. The molecule has 4 rings (SSSR count). The lowest BCUT2D eigenvalue weighted by molar-refractivity contribution is -0.144. The zero-order valence-electron chi connectivity index (χ0n) is 19.3. The van der Waals surface area contributed by atoms with E-state index < -0.39 is 5.92 Å². The second-order valence-corrected chi connectivity index (χ2v) is 8.84. The average Bonchev–Trinajstić information content (AvgIpc) is 3.29. The maximum absolute atomic E-state index is 13.4. The van der Waals surface area contributed by atoms with Crippen LogP contribution in [0.5, 0.6) is 11.5 Å². The SMILES string of the molecule is CCCOc1ccc([C@H]2C(C(=O)OC3CCCC3)=C(C)NC3=C2C(=O)CCC3)cc1OC. The maximum Gasteiger partial charge on any atom is 0.337 e. The summed E-state index contributed by atoms with van der Waals surface area (Å²) in [6.45, 7) is 4.54. The third-order valence-corrected chi connectivity index (χ3v) is 6.55. The van der Waals surface area contributed by atoms with E-state index in [0.717, 1.165) is 61.9 Å². The number of hydrogen-bond acceptors (Lipinski definition) is 6. The molecule has 1 heterocycles. The van der Waals surface area contributed by atoms with Gasteiger partial charge in [-0.1, -0.05) is 13.0 Å². The molecule has 0 saturated heterocycles. The number of esters is 1. The monoisotopic (exact) mass is 439 g/mol. The topological polar surface area (TPSA) is 73.9 Å². The van der Waals surface area contributed by atoms with Crippen molar-refractivity contribution in [1.82, 2.24) is 5.32 Å². The summed E-state index contributed by atoms with van der Waals surface area (Å²) in [7, 11) is 1.60. The van der Waals surface area contributed by atoms with Gasteiger partial charge in [0.2, 0.25) is 0 Å². The van der Waals surface area contributed by atoms with Crippen LogP contribution in [0.25, 0.3) is 0 Å². The number of benzene rings is 1. The third-order valence-electron chi connectivity index (χ3n) is 6.55. The Hall–Kier alpha value is -2.76. The lowest BCUT2D eigenvalue weighted by Gasteiger charge is -2.34. The van der Waals surface area contributed by atoms with Gasteiger partial charge in [0.1, 0.15) is 6.10 Å². The Balaban J connectivity index is 1.76. The Morgan fingerprint density at radius 1 is 1.12 bits per heavy atom. The van der Waals surface area contributed by atoms with E-state index in [4.69, 9.17) is 14.2 Å². The largest absolute Gasteiger partial charge is 0.493 e. The summed E-state index contributed by atoms with van der Waals surface area (Å²) < 4.78 is 17.3. The first kappa shape index (κ1) is 22.4. The number of nitrogens with one attached hydrogen (secondary N) is 1. The molecule has 0 aromatic heterocycles. The average molecular weight is 440 g/mol. The second kappa shape index (κ2) is 9.80. The molecule has 3 aliphatic rings. The van der Waals surface area contributed by atoms with Crippen LogP contribution in [0.3, 0.4) is 0 Å². The Labute approximate surface area is 190 Å². The first-order chi connectivity index (χ1) is 15.5. The highest BCUT2D eigenvalue weighted by Gasteiger charge is 2.40. The van der Waals surface area contributed by atoms with Crippen LogP contribution in [-0.4, -0.2) is 31.6 Å². The number of dihydropyridines is 1. The molecule has 0 unspecified atom stereocenters. The van der Waals surface area contributed by atoms with Gasteiger partial charge in [0.15, 0.2) is 17.3 Å². The van der Waals surface area contributed by atoms with Crippen LogP contribution >= 0.6 is 0 Å². The molecule has 1 aromatic rings. The molecule has 32 heavy (non-hydrogen) atoms. The third kappa shape index (κ3) is 4.41. The Morgan fingerprint density at radius 3 is 2.62 bits per heavy atom. The number of Topliss-reactive ketones (excluding diaryl/α,β-unsaturated/α-hetero) is 1. The van der Waals surface area contributed by atoms with Gasteiger partial charge in [-0.3, -0.25) is 4.79 Å². The molecule has 1 atom stereocenters. The predicted molar refractivity (Wildman–Crippen MR) is 122 cm³/mol. The molecule has 6 heteroatoms. The molecular formula is C26H33NO5. The summed E-state index contributed by atoms with van der Waals surface area (Å²) in [4.78, 5) is 26.4. The van der Waals surface area contributed by atoms with Crippen molar-refractivity contribution in [2.45, 2.75) is 77.2 Å². The molecule has 1 N–H and O–H groups in total. The lowest BCUT2D eigenvalue weighted by atomic mass is 9.75. The molecule has 1 fully saturated rings. The molecule has 172 valence electrons. The number of carbonyl (C=O) groups excluding carboxylic acids is 2. The van der Waals surface area contributed by atoms with E-state index in [-0.39, 0.29) is 17.9 Å². The number of ether oxygens (including phenoxy) is 3. The van der Waals surface area contributed by atoms with Gasteiger partial charge in [0, 0.05) is 29.3 Å². The quantitative estimate of drug-likeness (QED) is 0.607. The number of carbonyl (C=O) groups is 2. The van der Waals surface area contributed by atoms with Crippen molar-refractivity contribution in [3.63, 3.8) is 0 Å². The number of rotatable bonds is 7. The molecule has 6 nitrogen and oxygen atoms in total. The van der Waals surface area contributed by atoms with E-state index >= 15 is 0 Å². The number of ketones is 1. The van der Waals surface area contributed by atoms with Gasteiger partial charge in [0.05, 0.1) is 19.3 Å². The van der Waals surface area contributed by atoms with E-state index in [2.05, 4.69) is 5.32 Å². The minimum atomic E-state index is -0.470. The van der Waals surface area contributed by atoms with Crippen molar-refractivity contribution in [2.75, 3.05) is 13.7 Å². The molecule has 1 saturated carbocycles. The van der Waals surface area contributed by atoms with Crippen molar-refractivity contribution in [2.24, 2.45) is 0 Å². The van der Waals surface area contributed by atoms with Crippen molar-refractivity contribution < 1.29 is 23.8 Å². The fraction of sp³-hybridized carbons (Fsp3) is 0.538. The van der Waals surface area contributed by atoms with Gasteiger partial charge in [-0.25, -0.2) is 4.79 Å². The molecule has 0 spiro atoms. The van der Waals surface area contributed by atoms with Crippen LogP contribution in [0.4, 0.5) is 0 Å². The molecule has 2 aliphatic carbocycles. The van der Waals surface area contributed by atoms with E-state index in [1.165, 1.54) is 0 Å². The number of hydrogen-bond donors (Lipinski definition) is 1. The molecule has 0 amide bonds. The second-order valence-electron chi connectivity index (χ2n) is 8.84. The number of methoxy groups -OCH3 is 1. The summed E-state index contributed by atoms with van der Waals surface area (Å²) >= 11 is 0. The van der Waals surface area contributed by atoms with Gasteiger partial charge in [-0.05, 0) is 69.6 Å². The van der Waals surface area contributed by atoms with Crippen LogP contribution in [0, 0.1) is 0 Å². The fourth-order valence-corrected chi connectivity index (χ4v) is 5.00. The first-order valence-corrected chi connectivity index (χ1v) is 11.8. The van der Waals surface area contributed by atoms with E-state index in [1.807, 2.05) is 32.0 Å². The summed E-state index contributed by atoms with van der Waals surface area (Å²) in [6.07, 6.45) is 6.94. The van der Waals surface area contributed by atoms with E-state index in [1.54, 1.807) is 7.11 Å². The smallest absolute Gasteiger partial charge is 0.337 e. The fourth-order valence-electron chi connectivity index (χ4n) is 5.00.